The number of halogens is 1. The number of ketones is 2. The summed E-state index contributed by atoms with van der Waals surface area (Å²) < 4.78 is 33.9. The summed E-state index contributed by atoms with van der Waals surface area (Å²) in [4.78, 5) is 45.5. The summed E-state index contributed by atoms with van der Waals surface area (Å²) in [5, 5.41) is 16.3. The molecule has 268 valence electrons. The van der Waals surface area contributed by atoms with E-state index in [2.05, 4.69) is 10.3 Å². The standard InChI is InChI=1S/C38H39ClN2O10/c1-19-13-25(42)31(36(44)38(19)37(45)32-26(46-2)17-27(47-3)33(39)35(32)51-38)23(21-14-28(48-4)34(50-6)29(15-21)49-5)16-30(43)40-12-11-20-18-41-24-10-8-7-9-22(20)24/h7-10,14-15,17-19,23,41,44H,11-13,16H2,1-6H3,(H,40,43). The molecule has 3 unspecified atom stereocenters. The average molecular weight is 719 g/mol. The third-order valence-corrected chi connectivity index (χ3v) is 10.1. The highest BCUT2D eigenvalue weighted by Crippen LogP contribution is 2.56. The van der Waals surface area contributed by atoms with Crippen LogP contribution in [0.2, 0.25) is 5.02 Å². The van der Waals surface area contributed by atoms with Crippen molar-refractivity contribution in [2.75, 3.05) is 42.1 Å². The number of nitrogens with one attached hydrogen (secondary N) is 2. The van der Waals surface area contributed by atoms with Crippen LogP contribution in [-0.2, 0) is 16.0 Å². The van der Waals surface area contributed by atoms with E-state index in [1.54, 1.807) is 19.1 Å². The Labute approximate surface area is 299 Å². The average Bonchev–Trinajstić information content (AvgIpc) is 3.69. The third kappa shape index (κ3) is 5.86. The number of aliphatic hydroxyl groups excluding tert-OH is 1. The number of hydrogen-bond acceptors (Lipinski definition) is 10. The lowest BCUT2D eigenvalue weighted by Crippen LogP contribution is -2.53. The molecule has 2 aliphatic rings. The van der Waals surface area contributed by atoms with Gasteiger partial charge in [0.05, 0.1) is 35.5 Å². The summed E-state index contributed by atoms with van der Waals surface area (Å²) in [6.07, 6.45) is 2.00. The van der Waals surface area contributed by atoms with E-state index in [-0.39, 0.29) is 57.7 Å². The lowest BCUT2D eigenvalue weighted by molar-refractivity contribution is -0.121. The van der Waals surface area contributed by atoms with Crippen LogP contribution in [0.25, 0.3) is 10.9 Å². The van der Waals surface area contributed by atoms with Crippen molar-refractivity contribution in [3.63, 3.8) is 0 Å². The Kier molecular flexibility index (Phi) is 9.81. The number of hydrogen-bond donors (Lipinski definition) is 3. The highest BCUT2D eigenvalue weighted by molar-refractivity contribution is 6.35. The Bertz CT molecular complexity index is 2050. The van der Waals surface area contributed by atoms with Crippen molar-refractivity contribution < 1.29 is 47.9 Å². The molecule has 12 nitrogen and oxygen atoms in total. The van der Waals surface area contributed by atoms with Crippen LogP contribution in [0.3, 0.4) is 0 Å². The maximum atomic E-state index is 14.4. The Hall–Kier alpha value is -5.36. The van der Waals surface area contributed by atoms with E-state index in [1.165, 1.54) is 41.6 Å². The Balaban J connectivity index is 1.43. The van der Waals surface area contributed by atoms with Crippen LogP contribution in [-0.4, -0.2) is 75.3 Å². The van der Waals surface area contributed by atoms with Gasteiger partial charge in [0.2, 0.25) is 23.0 Å². The van der Waals surface area contributed by atoms with E-state index in [9.17, 15) is 19.5 Å². The minimum Gasteiger partial charge on any atom is -0.507 e. The van der Waals surface area contributed by atoms with Gasteiger partial charge in [0.1, 0.15) is 22.1 Å². The number of aromatic amines is 1. The molecule has 13 heteroatoms. The fourth-order valence-corrected chi connectivity index (χ4v) is 7.42. The Morgan fingerprint density at radius 1 is 1.00 bits per heavy atom. The molecule has 6 rings (SSSR count). The number of H-pyrrole nitrogens is 1. The SMILES string of the molecule is COc1cc(OC)c2c(c1Cl)OC1(C2=O)C(O)=C(C(CC(=O)NCCc2c[nH]c3ccccc23)c2cc(OC)c(OC)c(OC)c2)C(=O)CC1C. The minimum absolute atomic E-state index is 0.00716. The van der Waals surface area contributed by atoms with E-state index >= 15 is 0 Å². The Morgan fingerprint density at radius 2 is 1.67 bits per heavy atom. The number of para-hydroxylation sites is 1. The fraction of sp³-hybridized carbons (Fsp3) is 0.342. The number of Topliss-reactive ketones (excluding diaryl/α,β-unsaturated/α-hetero) is 2. The van der Waals surface area contributed by atoms with Gasteiger partial charge in [-0.2, -0.15) is 0 Å². The molecule has 1 amide bonds. The first-order chi connectivity index (χ1) is 24.5. The van der Waals surface area contributed by atoms with Crippen molar-refractivity contribution in [2.45, 2.75) is 37.7 Å². The van der Waals surface area contributed by atoms with Crippen molar-refractivity contribution in [2.24, 2.45) is 5.92 Å². The van der Waals surface area contributed by atoms with Crippen molar-refractivity contribution >= 4 is 40.0 Å². The van der Waals surface area contributed by atoms with E-state index in [0.717, 1.165) is 16.5 Å². The van der Waals surface area contributed by atoms with Gasteiger partial charge in [-0.25, -0.2) is 0 Å². The molecule has 3 aromatic carbocycles. The van der Waals surface area contributed by atoms with E-state index in [0.29, 0.717) is 24.3 Å². The quantitative estimate of drug-likeness (QED) is 0.156. The number of allylic oxidation sites excluding steroid dienone is 1. The predicted octanol–water partition coefficient (Wildman–Crippen LogP) is 6.13. The summed E-state index contributed by atoms with van der Waals surface area (Å²) >= 11 is 6.63. The predicted molar refractivity (Wildman–Crippen MR) is 189 cm³/mol. The molecule has 1 spiro atoms. The molecular weight excluding hydrogens is 680 g/mol. The van der Waals surface area contributed by atoms with Crippen LogP contribution in [0.15, 0.2) is 60.0 Å². The van der Waals surface area contributed by atoms with Crippen LogP contribution in [0.5, 0.6) is 34.5 Å². The summed E-state index contributed by atoms with van der Waals surface area (Å²) in [6.45, 7) is 1.94. The van der Waals surface area contributed by atoms with Gasteiger partial charge in [-0.1, -0.05) is 36.7 Å². The molecule has 3 N–H and O–H groups in total. The van der Waals surface area contributed by atoms with Crippen LogP contribution in [0.4, 0.5) is 0 Å². The lowest BCUT2D eigenvalue weighted by Gasteiger charge is -2.38. The number of ether oxygens (including phenoxy) is 6. The van der Waals surface area contributed by atoms with Gasteiger partial charge >= 0.3 is 0 Å². The summed E-state index contributed by atoms with van der Waals surface area (Å²) in [5.74, 6) is -2.89. The zero-order valence-corrected chi connectivity index (χ0v) is 29.9. The van der Waals surface area contributed by atoms with Crippen LogP contribution in [0, 0.1) is 5.92 Å². The van der Waals surface area contributed by atoms with Crippen molar-refractivity contribution in [3.8, 4) is 34.5 Å². The lowest BCUT2D eigenvalue weighted by atomic mass is 9.69. The maximum Gasteiger partial charge on any atom is 0.231 e. The maximum absolute atomic E-state index is 14.4. The smallest absolute Gasteiger partial charge is 0.231 e. The monoisotopic (exact) mass is 718 g/mol. The highest BCUT2D eigenvalue weighted by atomic mass is 35.5. The van der Waals surface area contributed by atoms with E-state index in [4.69, 9.17) is 40.0 Å². The molecule has 51 heavy (non-hydrogen) atoms. The van der Waals surface area contributed by atoms with Crippen molar-refractivity contribution in [3.05, 3.63) is 81.7 Å². The second-order valence-corrected chi connectivity index (χ2v) is 12.8. The zero-order valence-electron chi connectivity index (χ0n) is 29.1. The molecule has 1 aliphatic carbocycles. The molecular formula is C38H39ClN2O10. The molecule has 0 saturated heterocycles. The minimum atomic E-state index is -2.04. The first kappa shape index (κ1) is 35.5. The number of aromatic nitrogens is 1. The molecule has 4 aromatic rings. The van der Waals surface area contributed by atoms with Gasteiger partial charge in [0.25, 0.3) is 0 Å². The van der Waals surface area contributed by atoms with Gasteiger partial charge < -0.3 is 43.8 Å². The number of rotatable bonds is 12. The number of fused-ring (bicyclic) bond motifs is 2. The molecule has 1 aliphatic heterocycles. The molecule has 1 aromatic heterocycles. The summed E-state index contributed by atoms with van der Waals surface area (Å²) in [5.41, 5.74) is 0.238. The van der Waals surface area contributed by atoms with E-state index < -0.39 is 40.7 Å². The molecule has 0 bridgehead atoms. The van der Waals surface area contributed by atoms with Crippen molar-refractivity contribution in [1.29, 1.82) is 0 Å². The van der Waals surface area contributed by atoms with Crippen LogP contribution >= 0.6 is 11.6 Å². The number of carbonyl (C=O) groups is 3. The first-order valence-electron chi connectivity index (χ1n) is 16.3. The van der Waals surface area contributed by atoms with Crippen LogP contribution in [0.1, 0.15) is 47.2 Å². The summed E-state index contributed by atoms with van der Waals surface area (Å²) in [6, 6.07) is 12.6. The Morgan fingerprint density at radius 3 is 2.31 bits per heavy atom. The molecule has 0 fully saturated rings. The van der Waals surface area contributed by atoms with Crippen LogP contribution < -0.4 is 33.7 Å². The van der Waals surface area contributed by atoms with Crippen molar-refractivity contribution in [1.82, 2.24) is 10.3 Å². The normalized spacial score (nSPS) is 18.8. The number of methoxy groups -OCH3 is 5. The summed E-state index contributed by atoms with van der Waals surface area (Å²) in [7, 11) is 7.14. The molecule has 0 radical (unpaired) electrons. The molecule has 0 saturated carbocycles. The second kappa shape index (κ2) is 14.1. The fourth-order valence-electron chi connectivity index (χ4n) is 7.16. The molecule has 2 heterocycles. The third-order valence-electron chi connectivity index (χ3n) is 9.73. The first-order valence-corrected chi connectivity index (χ1v) is 16.7. The van der Waals surface area contributed by atoms with Gasteiger partial charge in [-0.15, -0.1) is 0 Å². The van der Waals surface area contributed by atoms with Gasteiger partial charge in [-0.05, 0) is 35.7 Å². The highest BCUT2D eigenvalue weighted by Gasteiger charge is 2.61. The van der Waals surface area contributed by atoms with Gasteiger partial charge in [-0.3, -0.25) is 14.4 Å². The molecule has 3 atom stereocenters. The zero-order chi connectivity index (χ0) is 36.6. The van der Waals surface area contributed by atoms with Gasteiger partial charge in [0, 0.05) is 60.0 Å². The van der Waals surface area contributed by atoms with E-state index in [1.807, 2.05) is 30.5 Å². The second-order valence-electron chi connectivity index (χ2n) is 12.4. The number of benzene rings is 3. The topological polar surface area (TPSA) is 155 Å². The van der Waals surface area contributed by atoms with Gasteiger partial charge in [0.15, 0.2) is 28.8 Å². The largest absolute Gasteiger partial charge is 0.507 e. The number of carbonyl (C=O) groups excluding carboxylic acids is 3. The number of amides is 1. The number of aliphatic hydroxyl groups is 1.